The number of carbonyl (C=O) groups is 3. The predicted molar refractivity (Wildman–Crippen MR) is 148 cm³/mol. The average molecular weight is 522 g/mol. The van der Waals surface area contributed by atoms with Gasteiger partial charge in [-0.15, -0.1) is 0 Å². The van der Waals surface area contributed by atoms with Crippen LogP contribution in [0.15, 0.2) is 48.5 Å². The fourth-order valence-electron chi connectivity index (χ4n) is 3.81. The molecular weight excluding hydrogens is 482 g/mol. The molecule has 2 rings (SSSR count). The summed E-state index contributed by atoms with van der Waals surface area (Å²) >= 11 is 0. The predicted octanol–water partition coefficient (Wildman–Crippen LogP) is 5.30. The van der Waals surface area contributed by atoms with E-state index in [1.807, 2.05) is 32.9 Å². The van der Waals surface area contributed by atoms with Crippen LogP contribution in [0.5, 0.6) is 5.75 Å². The van der Waals surface area contributed by atoms with Crippen LogP contribution in [0.1, 0.15) is 65.1 Å². The van der Waals surface area contributed by atoms with E-state index in [0.29, 0.717) is 23.4 Å². The van der Waals surface area contributed by atoms with Crippen molar-refractivity contribution in [3.63, 3.8) is 0 Å². The Hall–Kier alpha value is -3.99. The van der Waals surface area contributed by atoms with Crippen molar-refractivity contribution in [3.05, 3.63) is 59.7 Å². The first-order valence-corrected chi connectivity index (χ1v) is 12.7. The van der Waals surface area contributed by atoms with Crippen LogP contribution >= 0.6 is 0 Å². The summed E-state index contributed by atoms with van der Waals surface area (Å²) in [4.78, 5) is 41.0. The largest absolute Gasteiger partial charge is 0.497 e. The number of benzene rings is 2. The van der Waals surface area contributed by atoms with Gasteiger partial charge in [-0.3, -0.25) is 14.5 Å². The molecule has 2 N–H and O–H groups in total. The van der Waals surface area contributed by atoms with Gasteiger partial charge in [0.2, 0.25) is 0 Å². The first kappa shape index (κ1) is 30.2. The highest BCUT2D eigenvalue weighted by molar-refractivity contribution is 5.99. The van der Waals surface area contributed by atoms with Crippen LogP contribution in [0.25, 0.3) is 0 Å². The second kappa shape index (κ2) is 13.5. The highest BCUT2D eigenvalue weighted by Crippen LogP contribution is 2.26. The summed E-state index contributed by atoms with van der Waals surface area (Å²) in [5, 5.41) is 5.50. The summed E-state index contributed by atoms with van der Waals surface area (Å²) in [5.74, 6) is -0.387. The number of terminal acetylenes is 1. The number of carbonyl (C=O) groups excluding carboxylic acids is 3. The van der Waals surface area contributed by atoms with Gasteiger partial charge in [-0.25, -0.2) is 4.79 Å². The molecular formula is C30H39N3O5. The van der Waals surface area contributed by atoms with Gasteiger partial charge in [0, 0.05) is 11.7 Å². The number of alkyl carbamates (subject to hydrolysis) is 1. The summed E-state index contributed by atoms with van der Waals surface area (Å²) in [7, 11) is 1.55. The first-order chi connectivity index (χ1) is 17.9. The molecule has 0 aliphatic carbocycles. The van der Waals surface area contributed by atoms with Crippen molar-refractivity contribution in [2.45, 2.75) is 72.1 Å². The van der Waals surface area contributed by atoms with Crippen LogP contribution in [0.4, 0.5) is 10.5 Å². The Balaban J connectivity index is 2.45. The van der Waals surface area contributed by atoms with Gasteiger partial charge in [0.1, 0.15) is 23.4 Å². The van der Waals surface area contributed by atoms with Crippen molar-refractivity contribution in [3.8, 4) is 18.2 Å². The van der Waals surface area contributed by atoms with E-state index < -0.39 is 35.6 Å². The number of hydrogen-bond acceptors (Lipinski definition) is 5. The molecule has 0 fully saturated rings. The topological polar surface area (TPSA) is 97.0 Å². The Labute approximate surface area is 226 Å². The number of rotatable bonds is 10. The van der Waals surface area contributed by atoms with E-state index in [4.69, 9.17) is 15.9 Å². The van der Waals surface area contributed by atoms with Gasteiger partial charge in [0.15, 0.2) is 0 Å². The van der Waals surface area contributed by atoms with Gasteiger partial charge < -0.3 is 20.1 Å². The molecule has 0 saturated heterocycles. The van der Waals surface area contributed by atoms with Gasteiger partial charge in [-0.1, -0.05) is 51.5 Å². The number of nitrogens with zero attached hydrogens (tertiary/aromatic N) is 1. The van der Waals surface area contributed by atoms with E-state index in [0.717, 1.165) is 16.9 Å². The van der Waals surface area contributed by atoms with Crippen LogP contribution in [-0.2, 0) is 20.7 Å². The number of amides is 3. The Morgan fingerprint density at radius 1 is 1.03 bits per heavy atom. The first-order valence-electron chi connectivity index (χ1n) is 12.7. The van der Waals surface area contributed by atoms with E-state index in [9.17, 15) is 14.4 Å². The third-order valence-electron chi connectivity index (χ3n) is 5.64. The summed E-state index contributed by atoms with van der Waals surface area (Å²) < 4.78 is 10.6. The second-order valence-electron chi connectivity index (χ2n) is 10.4. The molecule has 38 heavy (non-hydrogen) atoms. The molecule has 0 aromatic heterocycles. The zero-order valence-electron chi connectivity index (χ0n) is 23.3. The minimum atomic E-state index is -1.14. The highest BCUT2D eigenvalue weighted by Gasteiger charge is 2.36. The molecule has 3 amide bonds. The molecule has 204 valence electrons. The number of nitrogens with one attached hydrogen (secondary N) is 2. The quantitative estimate of drug-likeness (QED) is 0.327. The Morgan fingerprint density at radius 2 is 1.63 bits per heavy atom. The maximum Gasteiger partial charge on any atom is 0.408 e. The van der Waals surface area contributed by atoms with E-state index in [2.05, 4.69) is 16.7 Å². The molecule has 8 heteroatoms. The summed E-state index contributed by atoms with van der Waals surface area (Å²) in [6.45, 7) is 11.1. The molecule has 0 radical (unpaired) electrons. The third-order valence-corrected chi connectivity index (χ3v) is 5.64. The van der Waals surface area contributed by atoms with E-state index in [1.165, 1.54) is 0 Å². The molecule has 8 nitrogen and oxygen atoms in total. The molecule has 2 aromatic rings. The minimum Gasteiger partial charge on any atom is -0.497 e. The molecule has 2 unspecified atom stereocenters. The smallest absolute Gasteiger partial charge is 0.408 e. The van der Waals surface area contributed by atoms with Crippen LogP contribution in [0.3, 0.4) is 0 Å². The highest BCUT2D eigenvalue weighted by atomic mass is 16.6. The minimum absolute atomic E-state index is 0.0499. The number of ether oxygens (including phenoxy) is 2. The zero-order valence-corrected chi connectivity index (χ0v) is 23.3. The molecule has 0 spiro atoms. The van der Waals surface area contributed by atoms with Crippen molar-refractivity contribution >= 4 is 23.6 Å². The molecule has 0 bridgehead atoms. The summed E-state index contributed by atoms with van der Waals surface area (Å²) in [6.07, 6.45) is 6.24. The SMILES string of the molecule is C#CN(C(=O)C(CC(C)C)NC(=O)OC(C)(C)C)C(C(=O)Nc1ccc(OC)cc1)c1ccc(CC)cc1. The van der Waals surface area contributed by atoms with Crippen molar-refractivity contribution in [1.29, 1.82) is 0 Å². The fourth-order valence-corrected chi connectivity index (χ4v) is 3.81. The lowest BCUT2D eigenvalue weighted by Gasteiger charge is -2.31. The molecule has 2 aromatic carbocycles. The number of anilines is 1. The van der Waals surface area contributed by atoms with Gasteiger partial charge in [-0.2, -0.15) is 0 Å². The van der Waals surface area contributed by atoms with Gasteiger partial charge >= 0.3 is 6.09 Å². The van der Waals surface area contributed by atoms with Gasteiger partial charge in [0.05, 0.1) is 7.11 Å². The van der Waals surface area contributed by atoms with Crippen LogP contribution < -0.4 is 15.4 Å². The van der Waals surface area contributed by atoms with Gasteiger partial charge in [0.25, 0.3) is 11.8 Å². The number of hydrogen-bond donors (Lipinski definition) is 2. The average Bonchev–Trinajstić information content (AvgIpc) is 2.85. The summed E-state index contributed by atoms with van der Waals surface area (Å²) in [5.41, 5.74) is 1.38. The van der Waals surface area contributed by atoms with Gasteiger partial charge in [-0.05, 0) is 74.9 Å². The van der Waals surface area contributed by atoms with Crippen LogP contribution in [0, 0.1) is 18.4 Å². The molecule has 0 saturated carbocycles. The zero-order chi connectivity index (χ0) is 28.5. The van der Waals surface area contributed by atoms with Crippen molar-refractivity contribution in [2.24, 2.45) is 5.92 Å². The van der Waals surface area contributed by atoms with Crippen molar-refractivity contribution in [2.75, 3.05) is 12.4 Å². The lowest BCUT2D eigenvalue weighted by molar-refractivity contribution is -0.137. The molecule has 0 aliphatic rings. The fraction of sp³-hybridized carbons (Fsp3) is 0.433. The Kier molecular flexibility index (Phi) is 10.8. The lowest BCUT2D eigenvalue weighted by Crippen LogP contribution is -2.51. The maximum atomic E-state index is 13.8. The van der Waals surface area contributed by atoms with Crippen LogP contribution in [-0.4, -0.2) is 41.6 Å². The third kappa shape index (κ3) is 8.84. The normalized spacial score (nSPS) is 12.6. The van der Waals surface area contributed by atoms with Crippen molar-refractivity contribution < 1.29 is 23.9 Å². The number of methoxy groups -OCH3 is 1. The second-order valence-corrected chi connectivity index (χ2v) is 10.4. The summed E-state index contributed by atoms with van der Waals surface area (Å²) in [6, 6.07) is 14.5. The standard InChI is InChI=1S/C30H39N3O5/c1-9-21-11-13-22(14-12-21)26(27(34)31-23-15-17-24(37-8)18-16-23)33(10-2)28(35)25(19-20(3)4)32-29(36)38-30(5,6)7/h2,11-18,20,25-26H,9,19H2,1,3-8H3,(H,31,34)(H,32,36). The van der Waals surface area contributed by atoms with E-state index in [1.54, 1.807) is 64.3 Å². The Morgan fingerprint density at radius 3 is 2.11 bits per heavy atom. The van der Waals surface area contributed by atoms with Crippen LogP contribution in [0.2, 0.25) is 0 Å². The number of aryl methyl sites for hydroxylation is 1. The molecule has 0 aliphatic heterocycles. The van der Waals surface area contributed by atoms with Crippen molar-refractivity contribution in [1.82, 2.24) is 10.2 Å². The molecule has 2 atom stereocenters. The molecule has 0 heterocycles. The maximum absolute atomic E-state index is 13.8. The lowest BCUT2D eigenvalue weighted by atomic mass is 9.98. The Bertz CT molecular complexity index is 1130. The van der Waals surface area contributed by atoms with E-state index >= 15 is 0 Å². The monoisotopic (exact) mass is 521 g/mol. The van der Waals surface area contributed by atoms with E-state index in [-0.39, 0.29) is 5.92 Å².